The van der Waals surface area contributed by atoms with Gasteiger partial charge in [0.25, 0.3) is 18.4 Å². The Balaban J connectivity index is 1.33. The van der Waals surface area contributed by atoms with E-state index in [0.29, 0.717) is 39.6 Å². The van der Waals surface area contributed by atoms with E-state index in [2.05, 4.69) is 69.3 Å². The van der Waals surface area contributed by atoms with E-state index in [1.807, 2.05) is 12.1 Å². The van der Waals surface area contributed by atoms with Crippen molar-refractivity contribution in [3.05, 3.63) is 91.0 Å². The summed E-state index contributed by atoms with van der Waals surface area (Å²) in [7, 11) is -6.31. The minimum Gasteiger partial charge on any atom is -0.405 e. The molecule has 0 heterocycles. The average molecular weight is 573 g/mol. The minimum atomic E-state index is -3.76. The standard InChI is InChI=1S/C30H40O7SSi/c1-30(2,3)39(28-15-9-5-10-16-28,29-17-11-6-12-18-29)37-26-24-35-22-20-33-19-21-34-23-25-36-38(31,32)27-13-7-4-8-14-27/h4-18H,19-26H2,1-3H3. The monoisotopic (exact) mass is 572 g/mol. The summed E-state index contributed by atoms with van der Waals surface area (Å²) in [5.41, 5.74) is 0. The first-order chi connectivity index (χ1) is 18.8. The fourth-order valence-corrected chi connectivity index (χ4v) is 9.87. The van der Waals surface area contributed by atoms with Gasteiger partial charge in [-0.1, -0.05) is 99.6 Å². The molecule has 0 unspecified atom stereocenters. The quantitative estimate of drug-likeness (QED) is 0.137. The van der Waals surface area contributed by atoms with E-state index in [9.17, 15) is 8.42 Å². The maximum absolute atomic E-state index is 12.0. The van der Waals surface area contributed by atoms with Crippen molar-refractivity contribution < 1.29 is 31.2 Å². The van der Waals surface area contributed by atoms with Crippen molar-refractivity contribution in [1.29, 1.82) is 0 Å². The van der Waals surface area contributed by atoms with E-state index in [0.717, 1.165) is 0 Å². The highest BCUT2D eigenvalue weighted by atomic mass is 32.2. The van der Waals surface area contributed by atoms with Gasteiger partial charge in [0.2, 0.25) is 0 Å². The van der Waals surface area contributed by atoms with Gasteiger partial charge in [0.15, 0.2) is 0 Å². The van der Waals surface area contributed by atoms with Crippen molar-refractivity contribution in [2.75, 3.05) is 52.9 Å². The van der Waals surface area contributed by atoms with Crippen LogP contribution in [0.2, 0.25) is 5.04 Å². The molecule has 39 heavy (non-hydrogen) atoms. The van der Waals surface area contributed by atoms with Crippen LogP contribution >= 0.6 is 0 Å². The smallest absolute Gasteiger partial charge is 0.297 e. The van der Waals surface area contributed by atoms with Crippen molar-refractivity contribution in [3.63, 3.8) is 0 Å². The molecule has 212 valence electrons. The van der Waals surface area contributed by atoms with Gasteiger partial charge in [-0.3, -0.25) is 4.18 Å². The number of ether oxygens (including phenoxy) is 3. The molecule has 9 heteroatoms. The van der Waals surface area contributed by atoms with Crippen LogP contribution in [0.15, 0.2) is 95.9 Å². The zero-order valence-electron chi connectivity index (χ0n) is 23.1. The summed E-state index contributed by atoms with van der Waals surface area (Å²) in [6.45, 7) is 9.43. The van der Waals surface area contributed by atoms with Gasteiger partial charge in [0.1, 0.15) is 0 Å². The normalized spacial score (nSPS) is 12.5. The van der Waals surface area contributed by atoms with Crippen LogP contribution in [-0.4, -0.2) is 69.6 Å². The highest BCUT2D eigenvalue weighted by molar-refractivity contribution is 7.86. The molecule has 3 aromatic carbocycles. The van der Waals surface area contributed by atoms with Gasteiger partial charge in [0, 0.05) is 0 Å². The van der Waals surface area contributed by atoms with Gasteiger partial charge < -0.3 is 18.6 Å². The van der Waals surface area contributed by atoms with Crippen molar-refractivity contribution in [1.82, 2.24) is 0 Å². The third-order valence-electron chi connectivity index (χ3n) is 6.21. The zero-order valence-corrected chi connectivity index (χ0v) is 24.9. The van der Waals surface area contributed by atoms with Crippen LogP contribution in [0.1, 0.15) is 20.8 Å². The van der Waals surface area contributed by atoms with E-state index in [-0.39, 0.29) is 23.1 Å². The van der Waals surface area contributed by atoms with Crippen molar-refractivity contribution in [2.45, 2.75) is 30.7 Å². The third-order valence-corrected chi connectivity index (χ3v) is 12.6. The first kappa shape index (κ1) is 31.2. The summed E-state index contributed by atoms with van der Waals surface area (Å²) in [6.07, 6.45) is 0. The van der Waals surface area contributed by atoms with Crippen molar-refractivity contribution in [2.24, 2.45) is 0 Å². The van der Waals surface area contributed by atoms with Crippen LogP contribution in [0.4, 0.5) is 0 Å². The predicted molar refractivity (Wildman–Crippen MR) is 156 cm³/mol. The Morgan fingerprint density at radius 2 is 0.949 bits per heavy atom. The molecule has 0 aliphatic rings. The molecule has 0 aliphatic heterocycles. The van der Waals surface area contributed by atoms with Crippen molar-refractivity contribution in [3.8, 4) is 0 Å². The second kappa shape index (κ2) is 15.4. The number of benzene rings is 3. The second-order valence-electron chi connectivity index (χ2n) is 9.94. The topological polar surface area (TPSA) is 80.3 Å². The summed E-state index contributed by atoms with van der Waals surface area (Å²) >= 11 is 0. The molecule has 0 fully saturated rings. The SMILES string of the molecule is CC(C)(C)[Si](OCCOCCOCCOCCOS(=O)(=O)c1ccccc1)(c1ccccc1)c1ccccc1. The molecule has 0 N–H and O–H groups in total. The lowest BCUT2D eigenvalue weighted by Gasteiger charge is -2.43. The molecule has 0 aromatic heterocycles. The predicted octanol–water partition coefficient (Wildman–Crippen LogP) is 4.02. The average Bonchev–Trinajstić information content (AvgIpc) is 2.94. The van der Waals surface area contributed by atoms with Crippen LogP contribution in [0.5, 0.6) is 0 Å². The second-order valence-corrected chi connectivity index (χ2v) is 15.9. The summed E-state index contributed by atoms with van der Waals surface area (Å²) in [5.74, 6) is 0. The number of hydrogen-bond acceptors (Lipinski definition) is 7. The van der Waals surface area contributed by atoms with Crippen LogP contribution in [-0.2, 0) is 32.9 Å². The molecule has 0 radical (unpaired) electrons. The van der Waals surface area contributed by atoms with E-state index >= 15 is 0 Å². The lowest BCUT2D eigenvalue weighted by atomic mass is 10.2. The molecular weight excluding hydrogens is 532 g/mol. The fourth-order valence-electron chi connectivity index (χ4n) is 4.42. The largest absolute Gasteiger partial charge is 0.405 e. The van der Waals surface area contributed by atoms with E-state index in [4.69, 9.17) is 22.8 Å². The Hall–Kier alpha value is -2.37. The maximum atomic E-state index is 12.0. The van der Waals surface area contributed by atoms with E-state index < -0.39 is 18.4 Å². The summed E-state index contributed by atoms with van der Waals surface area (Å²) in [6, 6.07) is 29.1. The van der Waals surface area contributed by atoms with Gasteiger partial charge in [-0.15, -0.1) is 0 Å². The first-order valence-corrected chi connectivity index (χ1v) is 16.5. The summed E-state index contributed by atoms with van der Waals surface area (Å²) < 4.78 is 52.6. The van der Waals surface area contributed by atoms with Gasteiger partial charge in [-0.25, -0.2) is 0 Å². The van der Waals surface area contributed by atoms with Gasteiger partial charge in [-0.05, 0) is 27.5 Å². The van der Waals surface area contributed by atoms with E-state index in [1.54, 1.807) is 18.2 Å². The van der Waals surface area contributed by atoms with Gasteiger partial charge in [0.05, 0.1) is 57.8 Å². The maximum Gasteiger partial charge on any atom is 0.297 e. The lowest BCUT2D eigenvalue weighted by molar-refractivity contribution is 0.00479. The first-order valence-electron chi connectivity index (χ1n) is 13.2. The van der Waals surface area contributed by atoms with Crippen molar-refractivity contribution >= 4 is 28.8 Å². The number of rotatable bonds is 17. The molecule has 3 rings (SSSR count). The molecule has 0 atom stereocenters. The lowest BCUT2D eigenvalue weighted by Crippen LogP contribution is -2.66. The zero-order chi connectivity index (χ0) is 28.0. The Morgan fingerprint density at radius 3 is 1.38 bits per heavy atom. The Kier molecular flexibility index (Phi) is 12.3. The number of hydrogen-bond donors (Lipinski definition) is 0. The Bertz CT molecular complexity index is 1140. The molecule has 0 bridgehead atoms. The molecule has 0 saturated heterocycles. The van der Waals surface area contributed by atoms with Crippen LogP contribution in [0.3, 0.4) is 0 Å². The van der Waals surface area contributed by atoms with Crippen LogP contribution < -0.4 is 10.4 Å². The summed E-state index contributed by atoms with van der Waals surface area (Å²) in [5, 5.41) is 2.42. The Labute approximate surface area is 234 Å². The summed E-state index contributed by atoms with van der Waals surface area (Å²) in [4.78, 5) is 0.130. The Morgan fingerprint density at radius 1 is 0.564 bits per heavy atom. The molecule has 0 amide bonds. The van der Waals surface area contributed by atoms with Gasteiger partial charge in [-0.2, -0.15) is 8.42 Å². The molecule has 7 nitrogen and oxygen atoms in total. The molecular formula is C30H40O7SSi. The molecule has 0 spiro atoms. The molecule has 3 aromatic rings. The van der Waals surface area contributed by atoms with Crippen LogP contribution in [0.25, 0.3) is 0 Å². The van der Waals surface area contributed by atoms with E-state index in [1.165, 1.54) is 22.5 Å². The highest BCUT2D eigenvalue weighted by Crippen LogP contribution is 2.36. The minimum absolute atomic E-state index is 0.0499. The fraction of sp³-hybridized carbons (Fsp3) is 0.400. The highest BCUT2D eigenvalue weighted by Gasteiger charge is 2.49. The molecule has 0 aliphatic carbocycles. The van der Waals surface area contributed by atoms with Crippen LogP contribution in [0, 0.1) is 0 Å². The third kappa shape index (κ3) is 9.08. The van der Waals surface area contributed by atoms with Gasteiger partial charge >= 0.3 is 0 Å². The molecule has 0 saturated carbocycles.